The van der Waals surface area contributed by atoms with Gasteiger partial charge in [0.05, 0.1) is 25.3 Å². The Labute approximate surface area is 152 Å². The van der Waals surface area contributed by atoms with Crippen molar-refractivity contribution in [1.29, 1.82) is 0 Å². The second-order valence-corrected chi connectivity index (χ2v) is 6.60. The molecule has 0 aromatic heterocycles. The third-order valence-corrected chi connectivity index (χ3v) is 5.32. The van der Waals surface area contributed by atoms with Crippen molar-refractivity contribution in [1.82, 2.24) is 0 Å². The fraction of sp³-hybridized carbons (Fsp3) is 0.273. The Morgan fingerprint density at radius 2 is 1.77 bits per heavy atom. The first kappa shape index (κ1) is 16.6. The van der Waals surface area contributed by atoms with Gasteiger partial charge < -0.3 is 9.47 Å². The van der Waals surface area contributed by atoms with E-state index in [0.717, 1.165) is 30.4 Å². The van der Waals surface area contributed by atoms with Gasteiger partial charge in [0.1, 0.15) is 11.5 Å². The molecule has 0 atom stereocenters. The summed E-state index contributed by atoms with van der Waals surface area (Å²) in [6.07, 6.45) is 4.86. The maximum Gasteiger partial charge on any atom is 0.201 e. The van der Waals surface area contributed by atoms with Crippen molar-refractivity contribution in [3.8, 4) is 11.5 Å². The van der Waals surface area contributed by atoms with Crippen LogP contribution in [0.5, 0.6) is 11.5 Å². The molecule has 26 heavy (non-hydrogen) atoms. The molecule has 0 amide bonds. The standard InChI is InChI=1S/C22H20O4/c1-4-12-8-9-14-13(10-12)11-16-19(22(14)26-3)21(24)18-15(20(16)23)6-5-7-17(18)25-2/h5-7,10-11H,4,8-9H2,1-3H3. The number of ether oxygens (including phenoxy) is 2. The van der Waals surface area contributed by atoms with Gasteiger partial charge in [-0.15, -0.1) is 0 Å². The van der Waals surface area contributed by atoms with Crippen LogP contribution in [0.4, 0.5) is 0 Å². The molecule has 2 aliphatic rings. The number of carbonyl (C=O) groups excluding carboxylic acids is 2. The van der Waals surface area contributed by atoms with Gasteiger partial charge in [-0.05, 0) is 37.0 Å². The first-order valence-corrected chi connectivity index (χ1v) is 8.80. The molecule has 0 spiro atoms. The van der Waals surface area contributed by atoms with Crippen LogP contribution in [0.25, 0.3) is 6.08 Å². The van der Waals surface area contributed by atoms with Crippen LogP contribution in [-0.4, -0.2) is 25.8 Å². The number of hydrogen-bond acceptors (Lipinski definition) is 4. The van der Waals surface area contributed by atoms with Gasteiger partial charge in [-0.3, -0.25) is 9.59 Å². The van der Waals surface area contributed by atoms with Gasteiger partial charge >= 0.3 is 0 Å². The lowest BCUT2D eigenvalue weighted by Crippen LogP contribution is -2.24. The maximum atomic E-state index is 13.3. The van der Waals surface area contributed by atoms with Crippen LogP contribution >= 0.6 is 0 Å². The summed E-state index contributed by atoms with van der Waals surface area (Å²) in [5.74, 6) is 0.571. The number of methoxy groups -OCH3 is 2. The Morgan fingerprint density at radius 1 is 0.962 bits per heavy atom. The van der Waals surface area contributed by atoms with E-state index in [1.54, 1.807) is 25.3 Å². The van der Waals surface area contributed by atoms with E-state index in [4.69, 9.17) is 9.47 Å². The lowest BCUT2D eigenvalue weighted by Gasteiger charge is -2.26. The van der Waals surface area contributed by atoms with Crippen molar-refractivity contribution < 1.29 is 19.1 Å². The summed E-state index contributed by atoms with van der Waals surface area (Å²) < 4.78 is 11.0. The van der Waals surface area contributed by atoms with Crippen LogP contribution in [0, 0.1) is 0 Å². The van der Waals surface area contributed by atoms with Gasteiger partial charge in [0.15, 0.2) is 5.78 Å². The Balaban J connectivity index is 2.02. The van der Waals surface area contributed by atoms with Gasteiger partial charge in [0, 0.05) is 16.7 Å². The van der Waals surface area contributed by atoms with Gasteiger partial charge in [0.2, 0.25) is 5.78 Å². The van der Waals surface area contributed by atoms with E-state index >= 15 is 0 Å². The molecule has 0 fully saturated rings. The van der Waals surface area contributed by atoms with Crippen LogP contribution in [0.15, 0.2) is 29.8 Å². The number of ketones is 2. The summed E-state index contributed by atoms with van der Waals surface area (Å²) in [6, 6.07) is 6.97. The van der Waals surface area contributed by atoms with Crippen LogP contribution in [0.3, 0.4) is 0 Å². The highest BCUT2D eigenvalue weighted by Crippen LogP contribution is 2.42. The zero-order valence-electron chi connectivity index (χ0n) is 15.1. The summed E-state index contributed by atoms with van der Waals surface area (Å²) in [5.41, 5.74) is 4.82. The molecule has 0 saturated carbocycles. The smallest absolute Gasteiger partial charge is 0.201 e. The fourth-order valence-electron chi connectivity index (χ4n) is 3.99. The predicted octanol–water partition coefficient (Wildman–Crippen LogP) is 4.22. The monoisotopic (exact) mass is 348 g/mol. The van der Waals surface area contributed by atoms with Crippen LogP contribution in [0.1, 0.15) is 62.7 Å². The number of allylic oxidation sites excluding steroid dienone is 1. The van der Waals surface area contributed by atoms with Crippen molar-refractivity contribution in [3.05, 3.63) is 63.2 Å². The summed E-state index contributed by atoms with van der Waals surface area (Å²) in [6.45, 7) is 2.13. The van der Waals surface area contributed by atoms with Gasteiger partial charge in [-0.1, -0.05) is 30.7 Å². The zero-order valence-corrected chi connectivity index (χ0v) is 15.1. The third kappa shape index (κ3) is 2.22. The average molecular weight is 348 g/mol. The third-order valence-electron chi connectivity index (χ3n) is 5.32. The van der Waals surface area contributed by atoms with Gasteiger partial charge in [-0.2, -0.15) is 0 Å². The second-order valence-electron chi connectivity index (χ2n) is 6.60. The summed E-state index contributed by atoms with van der Waals surface area (Å²) in [5, 5.41) is 0. The molecule has 0 radical (unpaired) electrons. The van der Waals surface area contributed by atoms with E-state index in [0.29, 0.717) is 33.8 Å². The molecule has 0 N–H and O–H groups in total. The number of hydrogen-bond donors (Lipinski definition) is 0. The lowest BCUT2D eigenvalue weighted by atomic mass is 9.78. The largest absolute Gasteiger partial charge is 0.496 e. The molecule has 132 valence electrons. The van der Waals surface area contributed by atoms with Crippen molar-refractivity contribution >= 4 is 17.6 Å². The lowest BCUT2D eigenvalue weighted by molar-refractivity contribution is 0.0973. The average Bonchev–Trinajstić information content (AvgIpc) is 2.69. The van der Waals surface area contributed by atoms with Crippen molar-refractivity contribution in [2.75, 3.05) is 14.2 Å². The van der Waals surface area contributed by atoms with E-state index in [1.807, 2.05) is 6.07 Å². The number of carbonyl (C=O) groups is 2. The van der Waals surface area contributed by atoms with Crippen molar-refractivity contribution in [2.24, 2.45) is 0 Å². The van der Waals surface area contributed by atoms with Crippen LogP contribution in [-0.2, 0) is 6.42 Å². The highest BCUT2D eigenvalue weighted by Gasteiger charge is 2.36. The molecule has 2 aliphatic carbocycles. The predicted molar refractivity (Wildman–Crippen MR) is 99.4 cm³/mol. The summed E-state index contributed by atoms with van der Waals surface area (Å²) in [4.78, 5) is 26.4. The van der Waals surface area contributed by atoms with E-state index in [1.165, 1.54) is 12.7 Å². The summed E-state index contributed by atoms with van der Waals surface area (Å²) in [7, 11) is 3.06. The zero-order chi connectivity index (χ0) is 18.4. The first-order valence-electron chi connectivity index (χ1n) is 8.80. The molecule has 4 nitrogen and oxygen atoms in total. The van der Waals surface area contributed by atoms with Crippen LogP contribution in [0.2, 0.25) is 0 Å². The SMILES string of the molecule is CCC1=Cc2cc3c(c(OC)c2CC1)C(=O)c1c(OC)cccc1C3=O. The van der Waals surface area contributed by atoms with E-state index in [2.05, 4.69) is 13.0 Å². The molecule has 4 heteroatoms. The van der Waals surface area contributed by atoms with Crippen LogP contribution < -0.4 is 9.47 Å². The van der Waals surface area contributed by atoms with E-state index in [9.17, 15) is 9.59 Å². The molecule has 0 bridgehead atoms. The van der Waals surface area contributed by atoms with Gasteiger partial charge in [0.25, 0.3) is 0 Å². The van der Waals surface area contributed by atoms with Gasteiger partial charge in [-0.25, -0.2) is 0 Å². The maximum absolute atomic E-state index is 13.3. The second kappa shape index (κ2) is 6.13. The normalized spacial score (nSPS) is 15.0. The summed E-state index contributed by atoms with van der Waals surface area (Å²) >= 11 is 0. The molecule has 2 aromatic carbocycles. The van der Waals surface area contributed by atoms with Crippen molar-refractivity contribution in [2.45, 2.75) is 26.2 Å². The Bertz CT molecular complexity index is 982. The number of benzene rings is 2. The molecule has 0 aliphatic heterocycles. The highest BCUT2D eigenvalue weighted by atomic mass is 16.5. The molecule has 2 aromatic rings. The minimum absolute atomic E-state index is 0.161. The number of rotatable bonds is 3. The number of fused-ring (bicyclic) bond motifs is 3. The first-order chi connectivity index (χ1) is 12.6. The minimum atomic E-state index is -0.211. The Kier molecular flexibility index (Phi) is 3.91. The van der Waals surface area contributed by atoms with E-state index < -0.39 is 0 Å². The quantitative estimate of drug-likeness (QED) is 0.711. The Morgan fingerprint density at radius 3 is 2.46 bits per heavy atom. The molecule has 0 heterocycles. The highest BCUT2D eigenvalue weighted by molar-refractivity contribution is 6.30. The Hall–Kier alpha value is -2.88. The fourth-order valence-corrected chi connectivity index (χ4v) is 3.99. The van der Waals surface area contributed by atoms with E-state index in [-0.39, 0.29) is 11.6 Å². The molecule has 4 rings (SSSR count). The minimum Gasteiger partial charge on any atom is -0.496 e. The topological polar surface area (TPSA) is 52.6 Å². The molecular formula is C22H20O4. The van der Waals surface area contributed by atoms with Crippen molar-refractivity contribution in [3.63, 3.8) is 0 Å². The molecular weight excluding hydrogens is 328 g/mol. The molecule has 0 saturated heterocycles. The molecule has 0 unspecified atom stereocenters.